The second kappa shape index (κ2) is 4.79. The molecule has 2 saturated heterocycles. The molecule has 2 bridgehead atoms. The summed E-state index contributed by atoms with van der Waals surface area (Å²) in [6.07, 6.45) is 1.12. The Morgan fingerprint density at radius 2 is 2.00 bits per heavy atom. The van der Waals surface area contributed by atoms with E-state index in [0.29, 0.717) is 12.1 Å². The molecule has 1 aromatic rings. The number of fused-ring (bicyclic) bond motifs is 2. The van der Waals surface area contributed by atoms with E-state index in [1.165, 1.54) is 0 Å². The number of non-ortho nitro benzene ring substituents is 1. The van der Waals surface area contributed by atoms with Crippen molar-refractivity contribution in [1.82, 2.24) is 4.90 Å². The minimum Gasteiger partial charge on any atom is -0.395 e. The van der Waals surface area contributed by atoms with Gasteiger partial charge in [-0.15, -0.1) is 0 Å². The first-order chi connectivity index (χ1) is 9.19. The first kappa shape index (κ1) is 12.4. The van der Waals surface area contributed by atoms with Crippen LogP contribution in [0.3, 0.4) is 0 Å². The lowest BCUT2D eigenvalue weighted by atomic mass is 10.2. The third-order valence-corrected chi connectivity index (χ3v) is 4.13. The molecule has 102 valence electrons. The van der Waals surface area contributed by atoms with Crippen LogP contribution >= 0.6 is 0 Å². The van der Waals surface area contributed by atoms with Gasteiger partial charge in [0.05, 0.1) is 11.5 Å². The molecular formula is C13H17N3O3. The summed E-state index contributed by atoms with van der Waals surface area (Å²) in [7, 11) is 0. The van der Waals surface area contributed by atoms with Crippen LogP contribution in [0.2, 0.25) is 0 Å². The van der Waals surface area contributed by atoms with Crippen molar-refractivity contribution in [2.45, 2.75) is 18.5 Å². The highest BCUT2D eigenvalue weighted by Crippen LogP contribution is 2.34. The van der Waals surface area contributed by atoms with Crippen molar-refractivity contribution >= 4 is 11.4 Å². The number of β-amino-alcohol motifs (C(OH)–C–C–N with tert-alkyl or cyclic N) is 1. The third-order valence-electron chi connectivity index (χ3n) is 4.13. The number of nitro benzene ring substituents is 1. The highest BCUT2D eigenvalue weighted by Gasteiger charge is 2.42. The van der Waals surface area contributed by atoms with Gasteiger partial charge in [-0.1, -0.05) is 0 Å². The zero-order valence-electron chi connectivity index (χ0n) is 10.6. The van der Waals surface area contributed by atoms with Crippen LogP contribution in [0.4, 0.5) is 11.4 Å². The Morgan fingerprint density at radius 1 is 1.26 bits per heavy atom. The third kappa shape index (κ3) is 2.17. The number of anilines is 1. The number of aliphatic hydroxyl groups excluding tert-OH is 1. The van der Waals surface area contributed by atoms with Crippen LogP contribution < -0.4 is 4.90 Å². The molecule has 3 rings (SSSR count). The van der Waals surface area contributed by atoms with Crippen LogP contribution in [0.25, 0.3) is 0 Å². The predicted molar refractivity (Wildman–Crippen MR) is 71.3 cm³/mol. The van der Waals surface area contributed by atoms with Gasteiger partial charge in [-0.3, -0.25) is 15.0 Å². The quantitative estimate of drug-likeness (QED) is 0.644. The van der Waals surface area contributed by atoms with E-state index in [1.54, 1.807) is 12.1 Å². The fourth-order valence-corrected chi connectivity index (χ4v) is 3.23. The van der Waals surface area contributed by atoms with Gasteiger partial charge in [0.15, 0.2) is 0 Å². The number of hydrogen-bond donors (Lipinski definition) is 1. The number of piperazine rings is 1. The lowest BCUT2D eigenvalue weighted by Gasteiger charge is -2.35. The van der Waals surface area contributed by atoms with E-state index in [2.05, 4.69) is 9.80 Å². The molecule has 6 nitrogen and oxygen atoms in total. The minimum absolute atomic E-state index is 0.134. The Balaban J connectivity index is 1.71. The summed E-state index contributed by atoms with van der Waals surface area (Å²) >= 11 is 0. The van der Waals surface area contributed by atoms with Crippen LogP contribution in [-0.2, 0) is 0 Å². The molecule has 1 N–H and O–H groups in total. The SMILES string of the molecule is O=[N+]([O-])c1ccc(N2CC3CC2CN3CCO)cc1. The summed E-state index contributed by atoms with van der Waals surface area (Å²) in [5.41, 5.74) is 1.19. The van der Waals surface area contributed by atoms with Crippen molar-refractivity contribution in [2.75, 3.05) is 31.1 Å². The van der Waals surface area contributed by atoms with Gasteiger partial charge in [-0.05, 0) is 18.6 Å². The fourth-order valence-electron chi connectivity index (χ4n) is 3.23. The average molecular weight is 263 g/mol. The maximum absolute atomic E-state index is 10.6. The molecule has 0 radical (unpaired) electrons. The molecule has 19 heavy (non-hydrogen) atoms. The Labute approximate surface area is 111 Å². The average Bonchev–Trinajstić information content (AvgIpc) is 2.99. The molecule has 2 heterocycles. The van der Waals surface area contributed by atoms with E-state index in [9.17, 15) is 10.1 Å². The first-order valence-electron chi connectivity index (χ1n) is 6.55. The van der Waals surface area contributed by atoms with Crippen LogP contribution in [0.1, 0.15) is 6.42 Å². The van der Waals surface area contributed by atoms with Crippen molar-refractivity contribution in [3.05, 3.63) is 34.4 Å². The van der Waals surface area contributed by atoms with E-state index < -0.39 is 0 Å². The molecule has 0 aromatic heterocycles. The summed E-state index contributed by atoms with van der Waals surface area (Å²) in [6, 6.07) is 7.76. The highest BCUT2D eigenvalue weighted by molar-refractivity contribution is 5.53. The molecule has 1 aromatic carbocycles. The van der Waals surface area contributed by atoms with Gasteiger partial charge in [0.2, 0.25) is 0 Å². The maximum Gasteiger partial charge on any atom is 0.269 e. The van der Waals surface area contributed by atoms with Crippen molar-refractivity contribution in [1.29, 1.82) is 0 Å². The number of nitro groups is 1. The Morgan fingerprint density at radius 3 is 2.53 bits per heavy atom. The first-order valence-corrected chi connectivity index (χ1v) is 6.55. The van der Waals surface area contributed by atoms with Gasteiger partial charge in [0.25, 0.3) is 5.69 Å². The van der Waals surface area contributed by atoms with Gasteiger partial charge in [0.1, 0.15) is 0 Å². The molecule has 2 aliphatic heterocycles. The van der Waals surface area contributed by atoms with Crippen molar-refractivity contribution in [3.63, 3.8) is 0 Å². The largest absolute Gasteiger partial charge is 0.395 e. The van der Waals surface area contributed by atoms with E-state index in [-0.39, 0.29) is 17.2 Å². The Kier molecular flexibility index (Phi) is 3.12. The summed E-state index contributed by atoms with van der Waals surface area (Å²) in [5, 5.41) is 19.6. The van der Waals surface area contributed by atoms with E-state index in [1.807, 2.05) is 12.1 Å². The molecule has 2 aliphatic rings. The molecule has 2 unspecified atom stereocenters. The number of hydrogen-bond acceptors (Lipinski definition) is 5. The van der Waals surface area contributed by atoms with E-state index in [0.717, 1.165) is 31.7 Å². The summed E-state index contributed by atoms with van der Waals surface area (Å²) in [4.78, 5) is 14.9. The fraction of sp³-hybridized carbons (Fsp3) is 0.538. The summed E-state index contributed by atoms with van der Waals surface area (Å²) < 4.78 is 0. The summed E-state index contributed by atoms with van der Waals surface area (Å²) in [6.45, 7) is 2.88. The summed E-state index contributed by atoms with van der Waals surface area (Å²) in [5.74, 6) is 0. The lowest BCUT2D eigenvalue weighted by Crippen LogP contribution is -2.47. The van der Waals surface area contributed by atoms with Crippen LogP contribution in [0, 0.1) is 10.1 Å². The monoisotopic (exact) mass is 263 g/mol. The lowest BCUT2D eigenvalue weighted by molar-refractivity contribution is -0.384. The van der Waals surface area contributed by atoms with Crippen molar-refractivity contribution < 1.29 is 10.0 Å². The van der Waals surface area contributed by atoms with E-state index in [4.69, 9.17) is 5.11 Å². The highest BCUT2D eigenvalue weighted by atomic mass is 16.6. The van der Waals surface area contributed by atoms with Crippen LogP contribution in [0.15, 0.2) is 24.3 Å². The normalized spacial score (nSPS) is 26.1. The predicted octanol–water partition coefficient (Wildman–Crippen LogP) is 0.850. The molecule has 0 spiro atoms. The zero-order chi connectivity index (χ0) is 13.4. The molecular weight excluding hydrogens is 246 g/mol. The Bertz CT molecular complexity index is 477. The standard InChI is InChI=1S/C13H17N3O3/c17-6-5-14-8-13-7-12(14)9-15(13)10-1-3-11(4-2-10)16(18)19/h1-4,12-13,17H,5-9H2. The maximum atomic E-state index is 10.6. The Hall–Kier alpha value is -1.66. The van der Waals surface area contributed by atoms with Gasteiger partial charge in [0, 0.05) is 49.5 Å². The van der Waals surface area contributed by atoms with Crippen molar-refractivity contribution in [3.8, 4) is 0 Å². The van der Waals surface area contributed by atoms with Gasteiger partial charge < -0.3 is 10.0 Å². The second-order valence-corrected chi connectivity index (χ2v) is 5.19. The van der Waals surface area contributed by atoms with Gasteiger partial charge in [-0.2, -0.15) is 0 Å². The second-order valence-electron chi connectivity index (χ2n) is 5.19. The molecule has 0 amide bonds. The number of benzene rings is 1. The molecule has 2 atom stereocenters. The number of likely N-dealkylation sites (tertiary alicyclic amines) is 1. The smallest absolute Gasteiger partial charge is 0.269 e. The minimum atomic E-state index is -0.372. The molecule has 6 heteroatoms. The molecule has 0 aliphatic carbocycles. The number of aliphatic hydroxyl groups is 1. The van der Waals surface area contributed by atoms with Gasteiger partial charge in [-0.25, -0.2) is 0 Å². The van der Waals surface area contributed by atoms with Gasteiger partial charge >= 0.3 is 0 Å². The molecule has 0 saturated carbocycles. The van der Waals surface area contributed by atoms with Crippen molar-refractivity contribution in [2.24, 2.45) is 0 Å². The van der Waals surface area contributed by atoms with Crippen LogP contribution in [0.5, 0.6) is 0 Å². The number of rotatable bonds is 4. The van der Waals surface area contributed by atoms with Crippen LogP contribution in [-0.4, -0.2) is 53.3 Å². The zero-order valence-corrected chi connectivity index (χ0v) is 10.6. The van der Waals surface area contributed by atoms with E-state index >= 15 is 0 Å². The topological polar surface area (TPSA) is 69.9 Å². The molecule has 2 fully saturated rings. The number of nitrogens with zero attached hydrogens (tertiary/aromatic N) is 3.